The van der Waals surface area contributed by atoms with Crippen LogP contribution < -0.4 is 5.32 Å². The minimum atomic E-state index is -0.0800. The van der Waals surface area contributed by atoms with Gasteiger partial charge in [0.25, 0.3) is 5.91 Å². The molecule has 1 unspecified atom stereocenters. The minimum Gasteiger partial charge on any atom is -0.376 e. The molecule has 6 nitrogen and oxygen atoms in total. The lowest BCUT2D eigenvalue weighted by molar-refractivity contribution is 0.0858. The summed E-state index contributed by atoms with van der Waals surface area (Å²) in [7, 11) is 0. The van der Waals surface area contributed by atoms with Gasteiger partial charge in [0, 0.05) is 37.0 Å². The largest absolute Gasteiger partial charge is 0.376 e. The second-order valence-electron chi connectivity index (χ2n) is 6.86. The Balaban J connectivity index is 1.61. The molecule has 1 aliphatic heterocycles. The highest BCUT2D eigenvalue weighted by atomic mass is 16.5. The van der Waals surface area contributed by atoms with Crippen LogP contribution >= 0.6 is 0 Å². The topological polar surface area (TPSA) is 69.0 Å². The van der Waals surface area contributed by atoms with Crippen molar-refractivity contribution in [2.75, 3.05) is 13.2 Å². The van der Waals surface area contributed by atoms with Crippen molar-refractivity contribution in [1.29, 1.82) is 0 Å². The highest BCUT2D eigenvalue weighted by Gasteiger charge is 2.18. The molecule has 3 heterocycles. The normalized spacial score (nSPS) is 16.7. The first-order chi connectivity index (χ1) is 13.3. The average molecular weight is 364 g/mol. The molecule has 1 saturated heterocycles. The summed E-state index contributed by atoms with van der Waals surface area (Å²) in [5.41, 5.74) is 3.30. The van der Waals surface area contributed by atoms with E-state index in [2.05, 4.69) is 21.8 Å². The quantitative estimate of drug-likeness (QED) is 0.728. The first-order valence-corrected chi connectivity index (χ1v) is 9.57. The van der Waals surface area contributed by atoms with Crippen molar-refractivity contribution < 1.29 is 9.53 Å². The smallest absolute Gasteiger partial charge is 0.251 e. The number of benzene rings is 1. The van der Waals surface area contributed by atoms with Crippen LogP contribution in [0.15, 0.2) is 42.6 Å². The second kappa shape index (κ2) is 7.88. The number of hydrogen-bond donors (Lipinski definition) is 1. The summed E-state index contributed by atoms with van der Waals surface area (Å²) in [5.74, 6) is 0.767. The van der Waals surface area contributed by atoms with Gasteiger partial charge in [-0.2, -0.15) is 0 Å². The summed E-state index contributed by atoms with van der Waals surface area (Å²) >= 11 is 0. The fourth-order valence-corrected chi connectivity index (χ4v) is 3.53. The van der Waals surface area contributed by atoms with E-state index in [1.165, 1.54) is 0 Å². The van der Waals surface area contributed by atoms with Crippen molar-refractivity contribution in [3.8, 4) is 11.4 Å². The van der Waals surface area contributed by atoms with E-state index < -0.39 is 0 Å². The van der Waals surface area contributed by atoms with Crippen molar-refractivity contribution in [2.24, 2.45) is 0 Å². The molecule has 3 aromatic rings. The maximum Gasteiger partial charge on any atom is 0.251 e. The van der Waals surface area contributed by atoms with Crippen LogP contribution in [0.4, 0.5) is 0 Å². The Labute approximate surface area is 158 Å². The van der Waals surface area contributed by atoms with Crippen LogP contribution in [-0.4, -0.2) is 39.7 Å². The number of imidazole rings is 1. The molecule has 0 bridgehead atoms. The van der Waals surface area contributed by atoms with Gasteiger partial charge in [-0.25, -0.2) is 9.97 Å². The highest BCUT2D eigenvalue weighted by molar-refractivity contribution is 5.95. The van der Waals surface area contributed by atoms with Crippen LogP contribution in [0.2, 0.25) is 0 Å². The van der Waals surface area contributed by atoms with Gasteiger partial charge in [-0.1, -0.05) is 19.1 Å². The van der Waals surface area contributed by atoms with E-state index in [4.69, 9.17) is 9.72 Å². The molecule has 0 aliphatic carbocycles. The zero-order valence-corrected chi connectivity index (χ0v) is 15.5. The third kappa shape index (κ3) is 3.71. The molecule has 0 saturated carbocycles. The van der Waals surface area contributed by atoms with Gasteiger partial charge >= 0.3 is 0 Å². The Hall–Kier alpha value is -2.73. The lowest BCUT2D eigenvalue weighted by Crippen LogP contribution is -2.31. The zero-order valence-electron chi connectivity index (χ0n) is 15.5. The van der Waals surface area contributed by atoms with Crippen molar-refractivity contribution >= 4 is 17.1 Å². The van der Waals surface area contributed by atoms with E-state index in [-0.39, 0.29) is 12.0 Å². The predicted molar refractivity (Wildman–Crippen MR) is 105 cm³/mol. The van der Waals surface area contributed by atoms with Crippen molar-refractivity contribution in [2.45, 2.75) is 38.8 Å². The Morgan fingerprint density at radius 2 is 2.26 bits per heavy atom. The molecule has 4 rings (SSSR count). The maximum absolute atomic E-state index is 12.6. The fourth-order valence-electron chi connectivity index (χ4n) is 3.53. The molecule has 27 heavy (non-hydrogen) atoms. The SMILES string of the molecule is CCCn1c(-c2cccc(C(=O)NCC3CCCO3)c2)nc2cccnc21. The van der Waals surface area contributed by atoms with Gasteiger partial charge in [-0.15, -0.1) is 0 Å². The molecule has 1 aliphatic rings. The van der Waals surface area contributed by atoms with Gasteiger partial charge in [0.2, 0.25) is 0 Å². The van der Waals surface area contributed by atoms with Crippen LogP contribution in [0.3, 0.4) is 0 Å². The van der Waals surface area contributed by atoms with Gasteiger partial charge in [-0.3, -0.25) is 4.79 Å². The maximum atomic E-state index is 12.6. The number of nitrogens with zero attached hydrogens (tertiary/aromatic N) is 3. The highest BCUT2D eigenvalue weighted by Crippen LogP contribution is 2.25. The lowest BCUT2D eigenvalue weighted by Gasteiger charge is -2.12. The van der Waals surface area contributed by atoms with Gasteiger partial charge in [0.1, 0.15) is 11.3 Å². The molecule has 2 aromatic heterocycles. The minimum absolute atomic E-state index is 0.0800. The summed E-state index contributed by atoms with van der Waals surface area (Å²) in [6.45, 7) is 4.31. The molecule has 6 heteroatoms. The molecule has 140 valence electrons. The number of aryl methyl sites for hydroxylation is 1. The lowest BCUT2D eigenvalue weighted by atomic mass is 10.1. The molecular formula is C21H24N4O2. The molecule has 0 spiro atoms. The number of fused-ring (bicyclic) bond motifs is 1. The molecule has 1 fully saturated rings. The number of hydrogen-bond acceptors (Lipinski definition) is 4. The number of carbonyl (C=O) groups is 1. The van der Waals surface area contributed by atoms with Crippen LogP contribution in [-0.2, 0) is 11.3 Å². The molecule has 0 radical (unpaired) electrons. The molecule has 1 N–H and O–H groups in total. The third-order valence-electron chi connectivity index (χ3n) is 4.85. The summed E-state index contributed by atoms with van der Waals surface area (Å²) in [5, 5.41) is 2.98. The Kier molecular flexibility index (Phi) is 5.16. The van der Waals surface area contributed by atoms with E-state index >= 15 is 0 Å². The summed E-state index contributed by atoms with van der Waals surface area (Å²) in [4.78, 5) is 21.8. The van der Waals surface area contributed by atoms with Crippen LogP contribution in [0.25, 0.3) is 22.6 Å². The summed E-state index contributed by atoms with van der Waals surface area (Å²) in [6.07, 6.45) is 4.98. The predicted octanol–water partition coefficient (Wildman–Crippen LogP) is 3.42. The average Bonchev–Trinajstić information content (AvgIpc) is 3.35. The molecule has 1 aromatic carbocycles. The molecule has 1 atom stereocenters. The second-order valence-corrected chi connectivity index (χ2v) is 6.86. The zero-order chi connectivity index (χ0) is 18.6. The fraction of sp³-hybridized carbons (Fsp3) is 0.381. The van der Waals surface area contributed by atoms with Crippen molar-refractivity contribution in [3.05, 3.63) is 48.2 Å². The van der Waals surface area contributed by atoms with Gasteiger partial charge in [-0.05, 0) is 43.5 Å². The van der Waals surface area contributed by atoms with Crippen LogP contribution in [0, 0.1) is 0 Å². The molecular weight excluding hydrogens is 340 g/mol. The summed E-state index contributed by atoms with van der Waals surface area (Å²) in [6, 6.07) is 11.5. The summed E-state index contributed by atoms with van der Waals surface area (Å²) < 4.78 is 7.70. The number of carbonyl (C=O) groups excluding carboxylic acids is 1. The standard InChI is InChI=1S/C21H24N4O2/c1-2-11-25-19(24-18-9-4-10-22-20(18)25)15-6-3-7-16(13-15)21(26)23-14-17-8-5-12-27-17/h3-4,6-7,9-10,13,17H,2,5,8,11-12,14H2,1H3,(H,23,26). The van der Waals surface area contributed by atoms with E-state index in [9.17, 15) is 4.79 Å². The Bertz CT molecular complexity index is 944. The van der Waals surface area contributed by atoms with E-state index in [1.54, 1.807) is 6.20 Å². The number of nitrogens with one attached hydrogen (secondary N) is 1. The number of rotatable bonds is 6. The van der Waals surface area contributed by atoms with Crippen molar-refractivity contribution in [3.63, 3.8) is 0 Å². The van der Waals surface area contributed by atoms with E-state index in [0.717, 1.165) is 55.0 Å². The first-order valence-electron chi connectivity index (χ1n) is 9.57. The van der Waals surface area contributed by atoms with Crippen LogP contribution in [0.5, 0.6) is 0 Å². The number of ether oxygens (including phenoxy) is 1. The van der Waals surface area contributed by atoms with E-state index in [0.29, 0.717) is 12.1 Å². The van der Waals surface area contributed by atoms with Crippen LogP contribution in [0.1, 0.15) is 36.5 Å². The Morgan fingerprint density at radius 3 is 3.07 bits per heavy atom. The molecule has 1 amide bonds. The van der Waals surface area contributed by atoms with E-state index in [1.807, 2.05) is 36.4 Å². The first kappa shape index (κ1) is 17.7. The van der Waals surface area contributed by atoms with Crippen molar-refractivity contribution in [1.82, 2.24) is 19.9 Å². The number of pyridine rings is 1. The van der Waals surface area contributed by atoms with Gasteiger partial charge in [0.05, 0.1) is 6.10 Å². The number of amides is 1. The number of aromatic nitrogens is 3. The third-order valence-corrected chi connectivity index (χ3v) is 4.85. The Morgan fingerprint density at radius 1 is 1.33 bits per heavy atom. The van der Waals surface area contributed by atoms with Gasteiger partial charge < -0.3 is 14.6 Å². The van der Waals surface area contributed by atoms with Gasteiger partial charge in [0.15, 0.2) is 5.65 Å². The monoisotopic (exact) mass is 364 g/mol.